The van der Waals surface area contributed by atoms with E-state index in [0.29, 0.717) is 5.56 Å². The van der Waals surface area contributed by atoms with Gasteiger partial charge in [0.25, 0.3) is 0 Å². The molecule has 2 atom stereocenters. The van der Waals surface area contributed by atoms with Gasteiger partial charge in [0.2, 0.25) is 11.8 Å². The van der Waals surface area contributed by atoms with Crippen LogP contribution in [0.2, 0.25) is 0 Å². The van der Waals surface area contributed by atoms with Crippen molar-refractivity contribution in [2.24, 2.45) is 5.73 Å². The predicted molar refractivity (Wildman–Crippen MR) is 100.0 cm³/mol. The van der Waals surface area contributed by atoms with Crippen LogP contribution in [0.15, 0.2) is 24.3 Å². The van der Waals surface area contributed by atoms with E-state index in [1.807, 2.05) is 0 Å². The molecule has 154 valence electrons. The third-order valence-corrected chi connectivity index (χ3v) is 4.65. The van der Waals surface area contributed by atoms with Gasteiger partial charge in [0.15, 0.2) is 0 Å². The molecule has 1 rings (SSSR count). The highest BCUT2D eigenvalue weighted by Gasteiger charge is 2.22. The highest BCUT2D eigenvalue weighted by atomic mass is 32.2. The number of nitrogens with one attached hydrogen (secondary N) is 2. The molecule has 9 nitrogen and oxygen atoms in total. The normalized spacial score (nSPS) is 12.6. The highest BCUT2D eigenvalue weighted by molar-refractivity contribution is 7.98. The minimum Gasteiger partial charge on any atom is -0.480 e. The van der Waals surface area contributed by atoms with Crippen molar-refractivity contribution in [1.29, 1.82) is 0 Å². The minimum absolute atomic E-state index is 0.0660. The Morgan fingerprint density at radius 3 is 2.46 bits per heavy atom. The van der Waals surface area contributed by atoms with Crippen LogP contribution in [0.25, 0.3) is 0 Å². The topological polar surface area (TPSA) is 159 Å². The van der Waals surface area contributed by atoms with E-state index in [2.05, 4.69) is 10.6 Å². The molecule has 0 aliphatic rings. The van der Waals surface area contributed by atoms with Gasteiger partial charge in [-0.05, 0) is 18.1 Å². The van der Waals surface area contributed by atoms with Crippen molar-refractivity contribution in [1.82, 2.24) is 10.6 Å². The molecule has 0 fully saturated rings. The van der Waals surface area contributed by atoms with E-state index in [0.717, 1.165) is 0 Å². The average Bonchev–Trinajstić information content (AvgIpc) is 2.64. The van der Waals surface area contributed by atoms with Crippen LogP contribution >= 0.6 is 11.8 Å². The van der Waals surface area contributed by atoms with Gasteiger partial charge in [0, 0.05) is 17.9 Å². The molecule has 0 spiro atoms. The standard InChI is InChI=1S/C17H22FN3O6S/c18-11-4-2-1-3-10(11)8-28-9-13(16(25)20-7-15(23)24)21-14(22)6-5-12(19)17(26)27/h1-4,12-13H,5-9,19H2,(H,20,25)(H,21,22)(H,23,24)(H,26,27). The highest BCUT2D eigenvalue weighted by Crippen LogP contribution is 2.16. The Bertz CT molecular complexity index is 718. The van der Waals surface area contributed by atoms with Crippen molar-refractivity contribution in [2.45, 2.75) is 30.7 Å². The summed E-state index contributed by atoms with van der Waals surface area (Å²) in [6.07, 6.45) is -0.332. The van der Waals surface area contributed by atoms with Crippen molar-refractivity contribution in [3.05, 3.63) is 35.6 Å². The van der Waals surface area contributed by atoms with Crippen molar-refractivity contribution in [3.63, 3.8) is 0 Å². The molecule has 1 aromatic carbocycles. The number of rotatable bonds is 12. The lowest BCUT2D eigenvalue weighted by Crippen LogP contribution is -2.49. The summed E-state index contributed by atoms with van der Waals surface area (Å²) in [5, 5.41) is 22.0. The first-order valence-corrected chi connectivity index (χ1v) is 9.44. The van der Waals surface area contributed by atoms with Gasteiger partial charge in [-0.15, -0.1) is 0 Å². The van der Waals surface area contributed by atoms with Gasteiger partial charge in [-0.1, -0.05) is 18.2 Å². The molecule has 0 bridgehead atoms. The Morgan fingerprint density at radius 1 is 1.18 bits per heavy atom. The van der Waals surface area contributed by atoms with Crippen LogP contribution in [0.4, 0.5) is 4.39 Å². The van der Waals surface area contributed by atoms with E-state index in [1.54, 1.807) is 18.2 Å². The smallest absolute Gasteiger partial charge is 0.322 e. The largest absolute Gasteiger partial charge is 0.480 e. The fraction of sp³-hybridized carbons (Fsp3) is 0.412. The van der Waals surface area contributed by atoms with Crippen LogP contribution < -0.4 is 16.4 Å². The van der Waals surface area contributed by atoms with Crippen molar-refractivity contribution < 1.29 is 33.8 Å². The predicted octanol–water partition coefficient (Wildman–Crippen LogP) is -0.0634. The fourth-order valence-electron chi connectivity index (χ4n) is 2.05. The number of aliphatic carboxylic acids is 2. The summed E-state index contributed by atoms with van der Waals surface area (Å²) in [4.78, 5) is 45.4. The summed E-state index contributed by atoms with van der Waals surface area (Å²) >= 11 is 1.18. The SMILES string of the molecule is NC(CCC(=O)NC(CSCc1ccccc1F)C(=O)NCC(=O)O)C(=O)O. The number of halogens is 1. The van der Waals surface area contributed by atoms with Gasteiger partial charge < -0.3 is 26.6 Å². The van der Waals surface area contributed by atoms with Crippen molar-refractivity contribution >= 4 is 35.5 Å². The molecule has 0 heterocycles. The molecule has 1 aromatic rings. The number of benzene rings is 1. The summed E-state index contributed by atoms with van der Waals surface area (Å²) in [5.74, 6) is -3.88. The molecule has 28 heavy (non-hydrogen) atoms. The quantitative estimate of drug-likeness (QED) is 0.317. The molecule has 11 heteroatoms. The number of hydrogen-bond acceptors (Lipinski definition) is 6. The monoisotopic (exact) mass is 415 g/mol. The van der Waals surface area contributed by atoms with E-state index < -0.39 is 48.2 Å². The second-order valence-corrected chi connectivity index (χ2v) is 6.85. The zero-order valence-electron chi connectivity index (χ0n) is 14.9. The molecule has 0 aliphatic heterocycles. The first kappa shape index (κ1) is 23.4. The summed E-state index contributed by atoms with van der Waals surface area (Å²) in [6.45, 7) is -0.618. The maximum absolute atomic E-state index is 13.6. The van der Waals surface area contributed by atoms with Crippen LogP contribution in [0.1, 0.15) is 18.4 Å². The van der Waals surface area contributed by atoms with Gasteiger partial charge in [-0.25, -0.2) is 4.39 Å². The zero-order valence-corrected chi connectivity index (χ0v) is 15.7. The molecule has 0 saturated carbocycles. The third kappa shape index (κ3) is 8.82. The Labute approximate surface area is 164 Å². The van der Waals surface area contributed by atoms with Crippen LogP contribution in [-0.2, 0) is 24.9 Å². The van der Waals surface area contributed by atoms with E-state index in [9.17, 15) is 23.6 Å². The fourth-order valence-corrected chi connectivity index (χ4v) is 3.09. The van der Waals surface area contributed by atoms with E-state index in [-0.39, 0.29) is 24.3 Å². The lowest BCUT2D eigenvalue weighted by atomic mass is 10.1. The van der Waals surface area contributed by atoms with Crippen LogP contribution in [0.5, 0.6) is 0 Å². The van der Waals surface area contributed by atoms with Crippen LogP contribution in [0, 0.1) is 5.82 Å². The molecule has 2 unspecified atom stereocenters. The van der Waals surface area contributed by atoms with E-state index >= 15 is 0 Å². The molecule has 0 aromatic heterocycles. The number of hydrogen-bond donors (Lipinski definition) is 5. The Morgan fingerprint density at radius 2 is 1.86 bits per heavy atom. The average molecular weight is 415 g/mol. The lowest BCUT2D eigenvalue weighted by Gasteiger charge is -2.18. The van der Waals surface area contributed by atoms with Crippen molar-refractivity contribution in [3.8, 4) is 0 Å². The van der Waals surface area contributed by atoms with Gasteiger partial charge >= 0.3 is 11.9 Å². The Kier molecular flexibility index (Phi) is 9.96. The van der Waals surface area contributed by atoms with Gasteiger partial charge in [-0.3, -0.25) is 19.2 Å². The number of carboxylic acid groups (broad SMARTS) is 2. The van der Waals surface area contributed by atoms with E-state index in [1.165, 1.54) is 17.8 Å². The summed E-state index contributed by atoms with van der Waals surface area (Å²) in [5.41, 5.74) is 5.76. The number of nitrogens with two attached hydrogens (primary N) is 1. The van der Waals surface area contributed by atoms with E-state index in [4.69, 9.17) is 15.9 Å². The number of amides is 2. The van der Waals surface area contributed by atoms with Gasteiger partial charge in [0.05, 0.1) is 0 Å². The van der Waals surface area contributed by atoms with Gasteiger partial charge in [-0.2, -0.15) is 11.8 Å². The number of carbonyl (C=O) groups is 4. The summed E-state index contributed by atoms with van der Waals surface area (Å²) < 4.78 is 13.6. The Hall–Kier alpha value is -2.66. The maximum atomic E-state index is 13.6. The van der Waals surface area contributed by atoms with Crippen LogP contribution in [-0.4, -0.2) is 58.3 Å². The first-order chi connectivity index (χ1) is 13.2. The molecular weight excluding hydrogens is 393 g/mol. The third-order valence-electron chi connectivity index (χ3n) is 3.57. The molecule has 0 saturated heterocycles. The Balaban J connectivity index is 2.63. The lowest BCUT2D eigenvalue weighted by molar-refractivity contribution is -0.139. The second-order valence-electron chi connectivity index (χ2n) is 5.82. The molecule has 2 amide bonds. The molecule has 0 aliphatic carbocycles. The number of thioether (sulfide) groups is 1. The van der Waals surface area contributed by atoms with Gasteiger partial charge in [0.1, 0.15) is 24.4 Å². The first-order valence-electron chi connectivity index (χ1n) is 8.29. The van der Waals surface area contributed by atoms with Crippen LogP contribution in [0.3, 0.4) is 0 Å². The second kappa shape index (κ2) is 11.9. The summed E-state index contributed by atoms with van der Waals surface area (Å²) in [7, 11) is 0. The van der Waals surface area contributed by atoms with Crippen molar-refractivity contribution in [2.75, 3.05) is 12.3 Å². The number of carbonyl (C=O) groups excluding carboxylic acids is 2. The molecular formula is C17H22FN3O6S. The minimum atomic E-state index is -1.25. The summed E-state index contributed by atoms with van der Waals surface area (Å²) in [6, 6.07) is 3.84. The maximum Gasteiger partial charge on any atom is 0.322 e. The molecule has 0 radical (unpaired) electrons. The number of carboxylic acids is 2. The molecule has 6 N–H and O–H groups in total. The zero-order chi connectivity index (χ0) is 21.1.